The van der Waals surface area contributed by atoms with Crippen LogP contribution in [0.4, 0.5) is 0 Å². The molecule has 1 saturated heterocycles. The van der Waals surface area contributed by atoms with Crippen LogP contribution in [0.1, 0.15) is 46.4 Å². The van der Waals surface area contributed by atoms with Crippen molar-refractivity contribution >= 4 is 0 Å². The highest BCUT2D eigenvalue weighted by Gasteiger charge is 2.36. The summed E-state index contributed by atoms with van der Waals surface area (Å²) in [5, 5.41) is 7.96. The topological polar surface area (TPSA) is 46.0 Å². The third-order valence-electron chi connectivity index (χ3n) is 4.61. The smallest absolute Gasteiger partial charge is 0.138 e. The fraction of sp³-hybridized carbons (Fsp3) is 0.867. The standard InChI is InChI=1S/C15H29N5/c1-5-16-13(11-14-17-12-18-20(14)6-2)15(3,4)19-9-7-8-10-19/h12-13,16H,5-11H2,1-4H3. The van der Waals surface area contributed by atoms with Crippen LogP contribution in [0.2, 0.25) is 0 Å². The van der Waals surface area contributed by atoms with Gasteiger partial charge in [-0.25, -0.2) is 4.98 Å². The molecule has 0 aromatic carbocycles. The summed E-state index contributed by atoms with van der Waals surface area (Å²) in [6.07, 6.45) is 5.26. The van der Waals surface area contributed by atoms with Gasteiger partial charge in [0.2, 0.25) is 0 Å². The zero-order valence-corrected chi connectivity index (χ0v) is 13.4. The Morgan fingerprint density at radius 1 is 1.30 bits per heavy atom. The van der Waals surface area contributed by atoms with E-state index in [9.17, 15) is 0 Å². The van der Waals surface area contributed by atoms with Crippen LogP contribution in [0.3, 0.4) is 0 Å². The number of likely N-dealkylation sites (tertiary alicyclic amines) is 1. The van der Waals surface area contributed by atoms with E-state index in [2.05, 4.69) is 48.0 Å². The molecule has 2 heterocycles. The molecule has 5 heteroatoms. The fourth-order valence-electron chi connectivity index (χ4n) is 3.22. The van der Waals surface area contributed by atoms with Crippen LogP contribution in [0.15, 0.2) is 6.33 Å². The summed E-state index contributed by atoms with van der Waals surface area (Å²) in [6.45, 7) is 13.3. The van der Waals surface area contributed by atoms with E-state index in [1.807, 2.05) is 4.68 Å². The summed E-state index contributed by atoms with van der Waals surface area (Å²) in [5.41, 5.74) is 0.150. The zero-order valence-electron chi connectivity index (χ0n) is 13.4. The minimum atomic E-state index is 0.150. The van der Waals surface area contributed by atoms with E-state index in [1.165, 1.54) is 25.9 Å². The fourth-order valence-corrected chi connectivity index (χ4v) is 3.22. The van der Waals surface area contributed by atoms with Crippen molar-refractivity contribution in [3.8, 4) is 0 Å². The molecule has 1 aliphatic rings. The highest BCUT2D eigenvalue weighted by Crippen LogP contribution is 2.26. The Hall–Kier alpha value is -0.940. The van der Waals surface area contributed by atoms with Crippen LogP contribution >= 0.6 is 0 Å². The van der Waals surface area contributed by atoms with Crippen LogP contribution in [-0.4, -0.2) is 50.9 Å². The molecule has 0 bridgehead atoms. The summed E-state index contributed by atoms with van der Waals surface area (Å²) in [5.74, 6) is 1.09. The van der Waals surface area contributed by atoms with Crippen molar-refractivity contribution in [1.29, 1.82) is 0 Å². The number of aryl methyl sites for hydroxylation is 1. The Balaban J connectivity index is 2.13. The lowest BCUT2D eigenvalue weighted by Crippen LogP contribution is -2.58. The van der Waals surface area contributed by atoms with Crippen molar-refractivity contribution in [3.63, 3.8) is 0 Å². The largest absolute Gasteiger partial charge is 0.312 e. The van der Waals surface area contributed by atoms with Gasteiger partial charge in [0, 0.05) is 24.5 Å². The van der Waals surface area contributed by atoms with Gasteiger partial charge in [0.1, 0.15) is 12.2 Å². The van der Waals surface area contributed by atoms with Crippen molar-refractivity contribution in [2.24, 2.45) is 0 Å². The quantitative estimate of drug-likeness (QED) is 0.825. The van der Waals surface area contributed by atoms with Gasteiger partial charge < -0.3 is 5.32 Å². The lowest BCUT2D eigenvalue weighted by molar-refractivity contribution is 0.106. The molecule has 2 rings (SSSR count). The normalized spacial score (nSPS) is 18.6. The molecule has 1 unspecified atom stereocenters. The first kappa shape index (κ1) is 15.4. The monoisotopic (exact) mass is 279 g/mol. The van der Waals surface area contributed by atoms with Crippen LogP contribution < -0.4 is 5.32 Å². The van der Waals surface area contributed by atoms with Crippen LogP contribution in [0.25, 0.3) is 0 Å². The molecular weight excluding hydrogens is 250 g/mol. The number of rotatable bonds is 7. The molecule has 0 spiro atoms. The number of likely N-dealkylation sites (N-methyl/N-ethyl adjacent to an activating group) is 1. The van der Waals surface area contributed by atoms with E-state index in [-0.39, 0.29) is 5.54 Å². The van der Waals surface area contributed by atoms with E-state index in [0.29, 0.717) is 6.04 Å². The average Bonchev–Trinajstić information content (AvgIpc) is 3.09. The van der Waals surface area contributed by atoms with Gasteiger partial charge in [-0.2, -0.15) is 5.10 Å². The van der Waals surface area contributed by atoms with Gasteiger partial charge in [-0.15, -0.1) is 0 Å². The van der Waals surface area contributed by atoms with Gasteiger partial charge in [0.15, 0.2) is 0 Å². The average molecular weight is 279 g/mol. The molecule has 1 fully saturated rings. The number of nitrogens with one attached hydrogen (secondary N) is 1. The van der Waals surface area contributed by atoms with Crippen molar-refractivity contribution in [3.05, 3.63) is 12.2 Å². The van der Waals surface area contributed by atoms with E-state index < -0.39 is 0 Å². The third kappa shape index (κ3) is 3.20. The Morgan fingerprint density at radius 2 is 2.00 bits per heavy atom. The minimum Gasteiger partial charge on any atom is -0.312 e. The third-order valence-corrected chi connectivity index (χ3v) is 4.61. The molecule has 0 radical (unpaired) electrons. The van der Waals surface area contributed by atoms with Crippen LogP contribution in [0, 0.1) is 0 Å². The molecule has 1 aliphatic heterocycles. The molecule has 1 atom stereocenters. The van der Waals surface area contributed by atoms with Gasteiger partial charge in [-0.1, -0.05) is 6.92 Å². The summed E-state index contributed by atoms with van der Waals surface area (Å²) in [6, 6.07) is 0.403. The lowest BCUT2D eigenvalue weighted by atomic mass is 9.89. The van der Waals surface area contributed by atoms with Crippen molar-refractivity contribution < 1.29 is 0 Å². The molecule has 1 aromatic heterocycles. The zero-order chi connectivity index (χ0) is 14.6. The van der Waals surface area contributed by atoms with Crippen molar-refractivity contribution in [2.75, 3.05) is 19.6 Å². The summed E-state index contributed by atoms with van der Waals surface area (Å²) in [4.78, 5) is 7.06. The Kier molecular flexibility index (Phi) is 5.16. The number of nitrogens with zero attached hydrogens (tertiary/aromatic N) is 4. The second-order valence-electron chi connectivity index (χ2n) is 6.15. The number of hydrogen-bond acceptors (Lipinski definition) is 4. The SMILES string of the molecule is CCNC(Cc1ncnn1CC)C(C)(C)N1CCCC1. The van der Waals surface area contributed by atoms with E-state index in [0.717, 1.165) is 25.3 Å². The van der Waals surface area contributed by atoms with Crippen molar-refractivity contribution in [2.45, 2.75) is 65.1 Å². The summed E-state index contributed by atoms with van der Waals surface area (Å²) >= 11 is 0. The van der Waals surface area contributed by atoms with E-state index in [1.54, 1.807) is 6.33 Å². The predicted octanol–water partition coefficient (Wildman–Crippen LogP) is 1.69. The first-order chi connectivity index (χ1) is 9.59. The second-order valence-corrected chi connectivity index (χ2v) is 6.15. The minimum absolute atomic E-state index is 0.150. The highest BCUT2D eigenvalue weighted by molar-refractivity contribution is 5.01. The van der Waals surface area contributed by atoms with Gasteiger partial charge in [0.05, 0.1) is 0 Å². The number of aromatic nitrogens is 3. The van der Waals surface area contributed by atoms with Gasteiger partial charge in [0.25, 0.3) is 0 Å². The maximum Gasteiger partial charge on any atom is 0.138 e. The molecule has 1 aromatic rings. The van der Waals surface area contributed by atoms with Crippen LogP contribution in [0.5, 0.6) is 0 Å². The second kappa shape index (κ2) is 6.68. The summed E-state index contributed by atoms with van der Waals surface area (Å²) in [7, 11) is 0. The molecule has 0 aliphatic carbocycles. The predicted molar refractivity (Wildman–Crippen MR) is 81.8 cm³/mol. The first-order valence-corrected chi connectivity index (χ1v) is 7.94. The summed E-state index contributed by atoms with van der Waals surface area (Å²) < 4.78 is 2.00. The molecule has 1 N–H and O–H groups in total. The van der Waals surface area contributed by atoms with Crippen molar-refractivity contribution in [1.82, 2.24) is 25.0 Å². The lowest BCUT2D eigenvalue weighted by Gasteiger charge is -2.42. The maximum absolute atomic E-state index is 4.44. The van der Waals surface area contributed by atoms with Gasteiger partial charge in [-0.05, 0) is 53.2 Å². The Morgan fingerprint density at radius 3 is 2.60 bits per heavy atom. The molecule has 114 valence electrons. The Bertz CT molecular complexity index is 406. The van der Waals surface area contributed by atoms with Gasteiger partial charge >= 0.3 is 0 Å². The molecular formula is C15H29N5. The van der Waals surface area contributed by atoms with E-state index in [4.69, 9.17) is 0 Å². The molecule has 5 nitrogen and oxygen atoms in total. The maximum atomic E-state index is 4.44. The molecule has 0 amide bonds. The molecule has 20 heavy (non-hydrogen) atoms. The number of hydrogen-bond donors (Lipinski definition) is 1. The Labute approximate surface area is 122 Å². The molecule has 0 saturated carbocycles. The first-order valence-electron chi connectivity index (χ1n) is 7.94. The van der Waals surface area contributed by atoms with Gasteiger partial charge in [-0.3, -0.25) is 9.58 Å². The van der Waals surface area contributed by atoms with E-state index >= 15 is 0 Å². The van der Waals surface area contributed by atoms with Crippen LogP contribution in [-0.2, 0) is 13.0 Å². The highest BCUT2D eigenvalue weighted by atomic mass is 15.3.